The van der Waals surface area contributed by atoms with Crippen molar-refractivity contribution in [1.82, 2.24) is 0 Å². The van der Waals surface area contributed by atoms with Gasteiger partial charge < -0.3 is 14.4 Å². The maximum atomic E-state index is 10.9. The zero-order valence-electron chi connectivity index (χ0n) is 10.5. The number of methoxy groups -OCH3 is 1. The molecular weight excluding hydrogens is 236 g/mol. The molecule has 0 aromatic heterocycles. The van der Waals surface area contributed by atoms with Crippen molar-refractivity contribution >= 4 is 11.4 Å². The minimum atomic E-state index is -0.422. The molecule has 0 unspecified atom stereocenters. The molecule has 2 rings (SSSR count). The van der Waals surface area contributed by atoms with Crippen molar-refractivity contribution in [3.8, 4) is 5.75 Å². The van der Waals surface area contributed by atoms with Gasteiger partial charge in [0.1, 0.15) is 0 Å². The van der Waals surface area contributed by atoms with E-state index in [1.165, 1.54) is 7.11 Å². The van der Waals surface area contributed by atoms with Gasteiger partial charge in [0.25, 0.3) is 0 Å². The van der Waals surface area contributed by atoms with Crippen LogP contribution in [0.1, 0.15) is 5.56 Å². The van der Waals surface area contributed by atoms with E-state index in [1.54, 1.807) is 12.1 Å². The summed E-state index contributed by atoms with van der Waals surface area (Å²) in [5.41, 5.74) is 1.86. The number of ether oxygens (including phenoxy) is 2. The Bertz CT molecular complexity index is 456. The van der Waals surface area contributed by atoms with Crippen LogP contribution in [0.4, 0.5) is 11.4 Å². The zero-order valence-corrected chi connectivity index (χ0v) is 10.5. The van der Waals surface area contributed by atoms with Gasteiger partial charge in [-0.05, 0) is 12.5 Å². The van der Waals surface area contributed by atoms with Crippen molar-refractivity contribution in [2.45, 2.75) is 6.92 Å². The molecule has 1 aromatic carbocycles. The average Bonchev–Trinajstić information content (AvgIpc) is 2.39. The van der Waals surface area contributed by atoms with E-state index >= 15 is 0 Å². The molecule has 0 aliphatic carbocycles. The predicted molar refractivity (Wildman–Crippen MR) is 67.4 cm³/mol. The number of rotatable bonds is 3. The van der Waals surface area contributed by atoms with Gasteiger partial charge in [-0.15, -0.1) is 0 Å². The smallest absolute Gasteiger partial charge is 0.311 e. The number of hydrogen-bond acceptors (Lipinski definition) is 5. The summed E-state index contributed by atoms with van der Waals surface area (Å²) >= 11 is 0. The first-order valence-electron chi connectivity index (χ1n) is 5.79. The topological polar surface area (TPSA) is 64.8 Å². The lowest BCUT2D eigenvalue weighted by Gasteiger charge is -2.30. The average molecular weight is 252 g/mol. The van der Waals surface area contributed by atoms with Gasteiger partial charge in [0.05, 0.1) is 25.2 Å². The molecule has 1 aliphatic heterocycles. The molecule has 0 spiro atoms. The Hall–Kier alpha value is -1.82. The number of aryl methyl sites for hydroxylation is 1. The van der Waals surface area contributed by atoms with Crippen LogP contribution >= 0.6 is 0 Å². The molecule has 0 atom stereocenters. The van der Waals surface area contributed by atoms with E-state index < -0.39 is 4.92 Å². The molecule has 18 heavy (non-hydrogen) atoms. The van der Waals surface area contributed by atoms with E-state index in [0.717, 1.165) is 24.3 Å². The molecule has 6 nitrogen and oxygen atoms in total. The van der Waals surface area contributed by atoms with Crippen LogP contribution in [0.5, 0.6) is 5.75 Å². The number of nitro groups is 1. The predicted octanol–water partition coefficient (Wildman–Crippen LogP) is 1.75. The molecule has 0 amide bonds. The summed E-state index contributed by atoms with van der Waals surface area (Å²) in [6.45, 7) is 4.82. The van der Waals surface area contributed by atoms with Gasteiger partial charge in [0.15, 0.2) is 5.75 Å². The molecule has 1 saturated heterocycles. The van der Waals surface area contributed by atoms with E-state index in [-0.39, 0.29) is 5.69 Å². The summed E-state index contributed by atoms with van der Waals surface area (Å²) in [4.78, 5) is 12.6. The molecule has 1 fully saturated rings. The highest BCUT2D eigenvalue weighted by Gasteiger charge is 2.21. The molecular formula is C12H16N2O4. The van der Waals surface area contributed by atoms with Crippen LogP contribution < -0.4 is 9.64 Å². The monoisotopic (exact) mass is 252 g/mol. The lowest BCUT2D eigenvalue weighted by atomic mass is 10.1. The number of anilines is 1. The van der Waals surface area contributed by atoms with Crippen molar-refractivity contribution in [1.29, 1.82) is 0 Å². The second-order valence-corrected chi connectivity index (χ2v) is 4.17. The first-order chi connectivity index (χ1) is 8.63. The number of morpholine rings is 1. The van der Waals surface area contributed by atoms with E-state index in [4.69, 9.17) is 9.47 Å². The van der Waals surface area contributed by atoms with Gasteiger partial charge in [-0.1, -0.05) is 0 Å². The van der Waals surface area contributed by atoms with Crippen LogP contribution in [0.25, 0.3) is 0 Å². The Balaban J connectivity index is 2.39. The first kappa shape index (κ1) is 12.6. The van der Waals surface area contributed by atoms with Gasteiger partial charge in [-0.25, -0.2) is 0 Å². The van der Waals surface area contributed by atoms with Crippen molar-refractivity contribution in [3.63, 3.8) is 0 Å². The van der Waals surface area contributed by atoms with Gasteiger partial charge >= 0.3 is 5.69 Å². The molecule has 0 bridgehead atoms. The van der Waals surface area contributed by atoms with Crippen molar-refractivity contribution in [2.75, 3.05) is 38.3 Å². The summed E-state index contributed by atoms with van der Waals surface area (Å²) in [5.74, 6) is 0.298. The SMILES string of the molecule is COc1cc(N2CCOCC2)c(C)cc1[N+](=O)[O-]. The van der Waals surface area contributed by atoms with Crippen molar-refractivity contribution in [2.24, 2.45) is 0 Å². The fraction of sp³-hybridized carbons (Fsp3) is 0.500. The number of nitrogens with zero attached hydrogens (tertiary/aromatic N) is 2. The van der Waals surface area contributed by atoms with Gasteiger partial charge in [0, 0.05) is 30.9 Å². The highest BCUT2D eigenvalue weighted by molar-refractivity contribution is 5.64. The van der Waals surface area contributed by atoms with Crippen molar-refractivity contribution in [3.05, 3.63) is 27.8 Å². The molecule has 0 saturated carbocycles. The lowest BCUT2D eigenvalue weighted by Crippen LogP contribution is -2.36. The Morgan fingerprint density at radius 2 is 2.06 bits per heavy atom. The van der Waals surface area contributed by atoms with E-state index in [9.17, 15) is 10.1 Å². The number of nitro benzene ring substituents is 1. The van der Waals surface area contributed by atoms with Crippen LogP contribution in [0.3, 0.4) is 0 Å². The maximum absolute atomic E-state index is 10.9. The summed E-state index contributed by atoms with van der Waals surface area (Å²) in [6.07, 6.45) is 0. The Kier molecular flexibility index (Phi) is 3.66. The Morgan fingerprint density at radius 3 is 2.61 bits per heavy atom. The quantitative estimate of drug-likeness (QED) is 0.605. The summed E-state index contributed by atoms with van der Waals surface area (Å²) in [6, 6.07) is 3.29. The second-order valence-electron chi connectivity index (χ2n) is 4.17. The molecule has 0 radical (unpaired) electrons. The minimum absolute atomic E-state index is 0.00649. The van der Waals surface area contributed by atoms with E-state index in [0.29, 0.717) is 19.0 Å². The van der Waals surface area contributed by atoms with Gasteiger partial charge in [0.2, 0.25) is 0 Å². The van der Waals surface area contributed by atoms with Crippen LogP contribution in [-0.4, -0.2) is 38.3 Å². The van der Waals surface area contributed by atoms with Crippen LogP contribution in [0, 0.1) is 17.0 Å². The molecule has 1 heterocycles. The zero-order chi connectivity index (χ0) is 13.1. The third-order valence-corrected chi connectivity index (χ3v) is 3.05. The number of benzene rings is 1. The van der Waals surface area contributed by atoms with E-state index in [1.807, 2.05) is 6.92 Å². The second kappa shape index (κ2) is 5.22. The van der Waals surface area contributed by atoms with Gasteiger partial charge in [-0.2, -0.15) is 0 Å². The summed E-state index contributed by atoms with van der Waals surface area (Å²) in [7, 11) is 1.45. The lowest BCUT2D eigenvalue weighted by molar-refractivity contribution is -0.385. The van der Waals surface area contributed by atoms with E-state index in [2.05, 4.69) is 4.90 Å². The molecule has 0 N–H and O–H groups in total. The van der Waals surface area contributed by atoms with Crippen molar-refractivity contribution < 1.29 is 14.4 Å². The Morgan fingerprint density at radius 1 is 1.39 bits per heavy atom. The molecule has 1 aliphatic rings. The number of hydrogen-bond donors (Lipinski definition) is 0. The molecule has 1 aromatic rings. The third kappa shape index (κ3) is 2.38. The van der Waals surface area contributed by atoms with Crippen LogP contribution in [0.2, 0.25) is 0 Å². The highest BCUT2D eigenvalue weighted by Crippen LogP contribution is 2.34. The van der Waals surface area contributed by atoms with Crippen LogP contribution in [0.15, 0.2) is 12.1 Å². The fourth-order valence-electron chi connectivity index (χ4n) is 2.11. The molecule has 98 valence electrons. The maximum Gasteiger partial charge on any atom is 0.311 e. The summed E-state index contributed by atoms with van der Waals surface area (Å²) < 4.78 is 10.4. The summed E-state index contributed by atoms with van der Waals surface area (Å²) in [5, 5.41) is 10.9. The first-order valence-corrected chi connectivity index (χ1v) is 5.79. The highest BCUT2D eigenvalue weighted by atomic mass is 16.6. The fourth-order valence-corrected chi connectivity index (χ4v) is 2.11. The third-order valence-electron chi connectivity index (χ3n) is 3.05. The largest absolute Gasteiger partial charge is 0.490 e. The normalized spacial score (nSPS) is 15.6. The Labute approximate surface area is 105 Å². The van der Waals surface area contributed by atoms with Crippen LogP contribution in [-0.2, 0) is 4.74 Å². The standard InChI is InChI=1S/C12H16N2O4/c1-9-7-11(14(15)16)12(17-2)8-10(9)13-3-5-18-6-4-13/h7-8H,3-6H2,1-2H3. The minimum Gasteiger partial charge on any atom is -0.490 e. The molecule has 6 heteroatoms. The van der Waals surface area contributed by atoms with Gasteiger partial charge in [-0.3, -0.25) is 10.1 Å².